The van der Waals surface area contributed by atoms with E-state index in [1.165, 1.54) is 80.3 Å². The lowest BCUT2D eigenvalue weighted by Crippen LogP contribution is -2.64. The average Bonchev–Trinajstić information content (AvgIpc) is 3.62. The van der Waals surface area contributed by atoms with Gasteiger partial charge in [-0.15, -0.1) is 0 Å². The number of rotatable bonds is 16. The van der Waals surface area contributed by atoms with Gasteiger partial charge in [-0.25, -0.2) is 0 Å². The zero-order valence-corrected chi connectivity index (χ0v) is 26.9. The van der Waals surface area contributed by atoms with Crippen LogP contribution in [-0.2, 0) is 24.3 Å². The molecule has 6 nitrogen and oxygen atoms in total. The molecule has 7 rings (SSSR count). The van der Waals surface area contributed by atoms with Crippen LogP contribution in [0, 0.1) is 11.8 Å². The molecule has 242 valence electrons. The van der Waals surface area contributed by atoms with E-state index >= 15 is 0 Å². The van der Waals surface area contributed by atoms with Crippen LogP contribution < -0.4 is 10.1 Å². The van der Waals surface area contributed by atoms with Crippen molar-refractivity contribution in [2.75, 3.05) is 45.9 Å². The third-order valence-corrected chi connectivity index (χ3v) is 10.9. The Balaban J connectivity index is 0.911. The fourth-order valence-electron chi connectivity index (χ4n) is 8.20. The summed E-state index contributed by atoms with van der Waals surface area (Å²) in [6, 6.07) is 25.0. The maximum Gasteiger partial charge on any atom is 0.121 e. The minimum atomic E-state index is -0.145. The Morgan fingerprint density at radius 3 is 2.40 bits per heavy atom. The number of hydrogen-bond acceptors (Lipinski definition) is 5. The molecule has 45 heavy (non-hydrogen) atoms. The predicted octanol–water partition coefficient (Wildman–Crippen LogP) is 6.59. The van der Waals surface area contributed by atoms with Gasteiger partial charge in [0, 0.05) is 43.2 Å². The molecule has 0 radical (unpaired) electrons. The van der Waals surface area contributed by atoms with Gasteiger partial charge in [-0.1, -0.05) is 61.4 Å². The van der Waals surface area contributed by atoms with E-state index in [0.29, 0.717) is 17.6 Å². The Morgan fingerprint density at radius 1 is 0.889 bits per heavy atom. The second-order valence-electron chi connectivity index (χ2n) is 13.9. The summed E-state index contributed by atoms with van der Waals surface area (Å²) in [4.78, 5) is 0. The lowest BCUT2D eigenvalue weighted by atomic mass is 9.82. The minimum Gasteiger partial charge on any atom is -0.508 e. The highest BCUT2D eigenvalue weighted by Crippen LogP contribution is 2.40. The summed E-state index contributed by atoms with van der Waals surface area (Å²) in [5.41, 5.74) is 4.38. The first kappa shape index (κ1) is 32.1. The number of piperidine rings is 3. The van der Waals surface area contributed by atoms with E-state index in [-0.39, 0.29) is 12.4 Å². The standard InChI is InChI=1S/C39H52N2O4/c42-28-35-25-30(13-16-38(35)43)17-20-40-26-31-11-14-36(15-12-31)44-24-6-21-41-22-18-34(19-23-41)39(27-41)45-29-37(33-9-4-5-10-33)32-7-2-1-3-8-32/h1-3,7-8,11-16,25,33-34,37,39-40,42H,4-6,9-10,17-24,26-29H2/p+1/t34?,37?,39-,41?/m1/s1. The molecule has 0 aromatic heterocycles. The largest absolute Gasteiger partial charge is 0.508 e. The monoisotopic (exact) mass is 613 g/mol. The van der Waals surface area contributed by atoms with Crippen LogP contribution in [0.25, 0.3) is 0 Å². The third-order valence-electron chi connectivity index (χ3n) is 10.9. The normalized spacial score (nSPS) is 23.8. The second-order valence-corrected chi connectivity index (χ2v) is 13.9. The highest BCUT2D eigenvalue weighted by Gasteiger charge is 2.46. The van der Waals surface area contributed by atoms with Crippen molar-refractivity contribution >= 4 is 0 Å². The summed E-state index contributed by atoms with van der Waals surface area (Å²) in [6.07, 6.45) is 10.4. The number of aliphatic hydroxyl groups is 1. The molecular formula is C39H53N2O4+. The van der Waals surface area contributed by atoms with Crippen LogP contribution in [0.5, 0.6) is 11.5 Å². The molecule has 3 aromatic rings. The number of nitrogens with one attached hydrogen (secondary N) is 1. The van der Waals surface area contributed by atoms with Gasteiger partial charge in [-0.2, -0.15) is 0 Å². The number of phenols is 1. The molecular weight excluding hydrogens is 560 g/mol. The Labute approximate surface area is 270 Å². The number of hydrogen-bond donors (Lipinski definition) is 3. The minimum absolute atomic E-state index is 0.145. The van der Waals surface area contributed by atoms with Crippen LogP contribution in [0.3, 0.4) is 0 Å². The Morgan fingerprint density at radius 2 is 1.64 bits per heavy atom. The van der Waals surface area contributed by atoms with E-state index in [1.807, 2.05) is 12.1 Å². The molecule has 1 unspecified atom stereocenters. The van der Waals surface area contributed by atoms with Crippen LogP contribution in [0.15, 0.2) is 72.8 Å². The number of quaternary nitrogens is 1. The van der Waals surface area contributed by atoms with Gasteiger partial charge in [0.25, 0.3) is 0 Å². The molecule has 3 heterocycles. The van der Waals surface area contributed by atoms with Gasteiger partial charge >= 0.3 is 0 Å². The van der Waals surface area contributed by atoms with Crippen molar-refractivity contribution in [1.82, 2.24) is 5.32 Å². The van der Waals surface area contributed by atoms with Gasteiger partial charge in [-0.05, 0) is 72.7 Å². The van der Waals surface area contributed by atoms with Crippen LogP contribution in [-0.4, -0.2) is 66.7 Å². The molecule has 3 aliphatic heterocycles. The third kappa shape index (κ3) is 8.48. The van der Waals surface area contributed by atoms with Crippen molar-refractivity contribution in [3.63, 3.8) is 0 Å². The topological polar surface area (TPSA) is 71.0 Å². The number of nitrogens with zero attached hydrogens (tertiary/aromatic N) is 1. The SMILES string of the molecule is OCc1cc(CCNCc2ccc(OCCC[N+]34CCC(CC3)[C@H](OCC(c3ccccc3)C3CCCC3)C4)cc2)ccc1O. The Bertz CT molecular complexity index is 1320. The fourth-order valence-corrected chi connectivity index (χ4v) is 8.20. The van der Waals surface area contributed by atoms with Gasteiger partial charge in [0.15, 0.2) is 0 Å². The van der Waals surface area contributed by atoms with E-state index in [9.17, 15) is 10.2 Å². The molecule has 4 aliphatic rings. The summed E-state index contributed by atoms with van der Waals surface area (Å²) in [7, 11) is 0. The average molecular weight is 614 g/mol. The molecule has 3 saturated heterocycles. The second kappa shape index (κ2) is 15.6. The number of fused-ring (bicyclic) bond motifs is 3. The van der Waals surface area contributed by atoms with Crippen LogP contribution in [0.4, 0.5) is 0 Å². The lowest BCUT2D eigenvalue weighted by molar-refractivity contribution is -0.946. The predicted molar refractivity (Wildman–Crippen MR) is 179 cm³/mol. The van der Waals surface area contributed by atoms with Crippen molar-refractivity contribution in [1.29, 1.82) is 0 Å². The molecule has 0 spiro atoms. The van der Waals surface area contributed by atoms with Gasteiger partial charge < -0.3 is 29.5 Å². The Kier molecular flexibility index (Phi) is 11.1. The van der Waals surface area contributed by atoms with Crippen molar-refractivity contribution in [2.24, 2.45) is 11.8 Å². The number of ether oxygens (including phenoxy) is 2. The summed E-state index contributed by atoms with van der Waals surface area (Å²) >= 11 is 0. The van der Waals surface area contributed by atoms with Gasteiger partial charge in [0.05, 0.1) is 39.5 Å². The number of aromatic hydroxyl groups is 1. The van der Waals surface area contributed by atoms with E-state index in [4.69, 9.17) is 9.47 Å². The zero-order valence-electron chi connectivity index (χ0n) is 26.9. The molecule has 2 bridgehead atoms. The van der Waals surface area contributed by atoms with Crippen molar-refractivity contribution in [2.45, 2.75) is 76.5 Å². The molecule has 3 N–H and O–H groups in total. The van der Waals surface area contributed by atoms with Crippen LogP contribution in [0.1, 0.15) is 73.1 Å². The molecule has 0 amide bonds. The van der Waals surface area contributed by atoms with E-state index in [1.54, 1.807) is 6.07 Å². The molecule has 1 aliphatic carbocycles. The first-order valence-electron chi connectivity index (χ1n) is 17.5. The smallest absolute Gasteiger partial charge is 0.121 e. The first-order chi connectivity index (χ1) is 22.1. The van der Waals surface area contributed by atoms with Gasteiger partial charge in [0.1, 0.15) is 24.1 Å². The van der Waals surface area contributed by atoms with Crippen molar-refractivity contribution in [3.8, 4) is 11.5 Å². The highest BCUT2D eigenvalue weighted by molar-refractivity contribution is 5.35. The molecule has 4 fully saturated rings. The van der Waals surface area contributed by atoms with Gasteiger partial charge in [-0.3, -0.25) is 0 Å². The summed E-state index contributed by atoms with van der Waals surface area (Å²) in [5, 5.41) is 22.6. The summed E-state index contributed by atoms with van der Waals surface area (Å²) < 4.78 is 14.2. The van der Waals surface area contributed by atoms with Crippen LogP contribution in [0.2, 0.25) is 0 Å². The zero-order chi connectivity index (χ0) is 30.9. The maximum absolute atomic E-state index is 9.74. The molecule has 2 atom stereocenters. The van der Waals surface area contributed by atoms with E-state index < -0.39 is 0 Å². The van der Waals surface area contributed by atoms with Crippen LogP contribution >= 0.6 is 0 Å². The summed E-state index contributed by atoms with van der Waals surface area (Å²) in [6.45, 7) is 8.07. The van der Waals surface area contributed by atoms with E-state index in [2.05, 4.69) is 59.9 Å². The van der Waals surface area contributed by atoms with Crippen molar-refractivity contribution in [3.05, 3.63) is 95.1 Å². The van der Waals surface area contributed by atoms with Crippen molar-refractivity contribution < 1.29 is 24.2 Å². The lowest BCUT2D eigenvalue weighted by Gasteiger charge is -2.52. The number of aliphatic hydroxyl groups excluding tert-OH is 1. The van der Waals surface area contributed by atoms with E-state index in [0.717, 1.165) is 62.3 Å². The Hall–Kier alpha value is -2.90. The molecule has 1 saturated carbocycles. The number of benzene rings is 3. The molecule has 6 heteroatoms. The van der Waals surface area contributed by atoms with Gasteiger partial charge in [0.2, 0.25) is 0 Å². The first-order valence-corrected chi connectivity index (χ1v) is 17.5. The maximum atomic E-state index is 9.74. The molecule has 3 aromatic carbocycles. The highest BCUT2D eigenvalue weighted by atomic mass is 16.5. The summed E-state index contributed by atoms with van der Waals surface area (Å²) in [5.74, 6) is 3.15. The quantitative estimate of drug-likeness (QED) is 0.126. The fraction of sp³-hybridized carbons (Fsp3) is 0.538.